The molecule has 0 bridgehead atoms. The quantitative estimate of drug-likeness (QED) is 0.746. The van der Waals surface area contributed by atoms with Crippen LogP contribution in [0.4, 0.5) is 5.69 Å². The molecule has 0 aromatic heterocycles. The van der Waals surface area contributed by atoms with E-state index in [4.69, 9.17) is 25.8 Å². The molecule has 0 fully saturated rings. The zero-order chi connectivity index (χ0) is 19.1. The maximum Gasteiger partial charge on any atom is 0.344 e. The molecule has 0 heterocycles. The molecule has 0 aliphatic rings. The molecule has 138 valence electrons. The average Bonchev–Trinajstić information content (AvgIpc) is 2.61. The number of rotatable bonds is 7. The second-order valence-corrected chi connectivity index (χ2v) is 5.96. The largest absolute Gasteiger partial charge is 0.495 e. The van der Waals surface area contributed by atoms with Crippen LogP contribution in [0, 0.1) is 6.92 Å². The maximum atomic E-state index is 12.2. The van der Waals surface area contributed by atoms with Gasteiger partial charge in [-0.25, -0.2) is 4.79 Å². The van der Waals surface area contributed by atoms with Gasteiger partial charge in [-0.3, -0.25) is 4.79 Å². The summed E-state index contributed by atoms with van der Waals surface area (Å²) in [5.41, 5.74) is 1.29. The Hall–Kier alpha value is -2.73. The highest BCUT2D eigenvalue weighted by atomic mass is 35.5. The normalized spacial score (nSPS) is 11.4. The summed E-state index contributed by atoms with van der Waals surface area (Å²) in [7, 11) is 1.48. The van der Waals surface area contributed by atoms with Crippen molar-refractivity contribution in [2.45, 2.75) is 20.0 Å². The lowest BCUT2D eigenvalue weighted by Crippen LogP contribution is -2.31. The molecule has 1 amide bonds. The third kappa shape index (κ3) is 5.39. The highest BCUT2D eigenvalue weighted by molar-refractivity contribution is 6.31. The molecule has 26 heavy (non-hydrogen) atoms. The van der Waals surface area contributed by atoms with E-state index in [2.05, 4.69) is 5.32 Å². The Morgan fingerprint density at radius 1 is 1.15 bits per heavy atom. The molecule has 0 aliphatic heterocycles. The Kier molecular flexibility index (Phi) is 6.86. The first-order valence-electron chi connectivity index (χ1n) is 7.93. The van der Waals surface area contributed by atoms with Crippen molar-refractivity contribution >= 4 is 29.2 Å². The molecule has 2 rings (SSSR count). The zero-order valence-electron chi connectivity index (χ0n) is 14.7. The number of carbonyl (C=O) groups excluding carboxylic acids is 2. The molecule has 1 N–H and O–H groups in total. The van der Waals surface area contributed by atoms with E-state index in [1.54, 1.807) is 24.3 Å². The molecule has 0 radical (unpaired) electrons. The van der Waals surface area contributed by atoms with Gasteiger partial charge < -0.3 is 19.5 Å². The van der Waals surface area contributed by atoms with E-state index in [1.807, 2.05) is 25.1 Å². The predicted octanol–water partition coefficient (Wildman–Crippen LogP) is 3.61. The van der Waals surface area contributed by atoms with Gasteiger partial charge in [0.25, 0.3) is 5.91 Å². The number of hydrogen-bond acceptors (Lipinski definition) is 5. The summed E-state index contributed by atoms with van der Waals surface area (Å²) in [6.07, 6.45) is -1.01. The van der Waals surface area contributed by atoms with Crippen LogP contribution >= 0.6 is 11.6 Å². The molecule has 0 saturated heterocycles. The lowest BCUT2D eigenvalue weighted by molar-refractivity contribution is -0.155. The summed E-state index contributed by atoms with van der Waals surface area (Å²) in [5.74, 6) is -0.113. The second kappa shape index (κ2) is 9.10. The van der Waals surface area contributed by atoms with Gasteiger partial charge in [-0.15, -0.1) is 0 Å². The number of ether oxygens (including phenoxy) is 3. The van der Waals surface area contributed by atoms with Crippen molar-refractivity contribution < 1.29 is 23.8 Å². The summed E-state index contributed by atoms with van der Waals surface area (Å²) >= 11 is 5.92. The van der Waals surface area contributed by atoms with Crippen molar-refractivity contribution in [3.05, 3.63) is 53.1 Å². The van der Waals surface area contributed by atoms with Crippen molar-refractivity contribution in [3.8, 4) is 11.5 Å². The number of aryl methyl sites for hydroxylation is 1. The SMILES string of the molecule is COc1ccc(Cl)cc1NC(=O)C(C)OC(=O)COc1ccccc1C. The smallest absolute Gasteiger partial charge is 0.344 e. The number of para-hydroxylation sites is 1. The van der Waals surface area contributed by atoms with Gasteiger partial charge in [0.2, 0.25) is 0 Å². The first-order valence-corrected chi connectivity index (χ1v) is 8.31. The van der Waals surface area contributed by atoms with Crippen LogP contribution < -0.4 is 14.8 Å². The fourth-order valence-corrected chi connectivity index (χ4v) is 2.32. The molecule has 1 unspecified atom stereocenters. The summed E-state index contributed by atoms with van der Waals surface area (Å²) < 4.78 is 15.7. The molecule has 0 spiro atoms. The van der Waals surface area contributed by atoms with Gasteiger partial charge in [0.1, 0.15) is 11.5 Å². The molecule has 1 atom stereocenters. The van der Waals surface area contributed by atoms with Crippen LogP contribution in [0.2, 0.25) is 5.02 Å². The van der Waals surface area contributed by atoms with E-state index >= 15 is 0 Å². The van der Waals surface area contributed by atoms with E-state index in [9.17, 15) is 9.59 Å². The predicted molar refractivity (Wildman–Crippen MR) is 98.9 cm³/mol. The first-order chi connectivity index (χ1) is 12.4. The van der Waals surface area contributed by atoms with Gasteiger partial charge in [-0.1, -0.05) is 29.8 Å². The Bertz CT molecular complexity index is 793. The zero-order valence-corrected chi connectivity index (χ0v) is 15.5. The summed E-state index contributed by atoms with van der Waals surface area (Å²) in [4.78, 5) is 24.1. The van der Waals surface area contributed by atoms with Gasteiger partial charge in [-0.2, -0.15) is 0 Å². The van der Waals surface area contributed by atoms with E-state index in [0.29, 0.717) is 22.2 Å². The molecule has 7 heteroatoms. The van der Waals surface area contributed by atoms with Crippen molar-refractivity contribution in [1.29, 1.82) is 0 Å². The molecule has 2 aromatic carbocycles. The van der Waals surface area contributed by atoms with Crippen LogP contribution in [0.5, 0.6) is 11.5 Å². The molecule has 6 nitrogen and oxygen atoms in total. The highest BCUT2D eigenvalue weighted by Crippen LogP contribution is 2.27. The minimum Gasteiger partial charge on any atom is -0.495 e. The lowest BCUT2D eigenvalue weighted by Gasteiger charge is -2.16. The van der Waals surface area contributed by atoms with Crippen LogP contribution in [0.25, 0.3) is 0 Å². The monoisotopic (exact) mass is 377 g/mol. The van der Waals surface area contributed by atoms with Crippen LogP contribution in [0.1, 0.15) is 12.5 Å². The summed E-state index contributed by atoms with van der Waals surface area (Å²) in [6.45, 7) is 3.05. The molecule has 0 saturated carbocycles. The number of carbonyl (C=O) groups is 2. The van der Waals surface area contributed by atoms with Gasteiger partial charge >= 0.3 is 5.97 Å². The Morgan fingerprint density at radius 2 is 1.88 bits per heavy atom. The van der Waals surface area contributed by atoms with Gasteiger partial charge in [0.05, 0.1) is 12.8 Å². The number of nitrogens with one attached hydrogen (secondary N) is 1. The fourth-order valence-electron chi connectivity index (χ4n) is 2.15. The fraction of sp³-hybridized carbons (Fsp3) is 0.263. The Labute approximate surface area is 157 Å². The van der Waals surface area contributed by atoms with E-state index in [-0.39, 0.29) is 6.61 Å². The van der Waals surface area contributed by atoms with Crippen LogP contribution in [-0.2, 0) is 14.3 Å². The second-order valence-electron chi connectivity index (χ2n) is 5.52. The van der Waals surface area contributed by atoms with Crippen LogP contribution in [0.15, 0.2) is 42.5 Å². The number of benzene rings is 2. The number of esters is 1. The number of anilines is 1. The molecular weight excluding hydrogens is 358 g/mol. The van der Waals surface area contributed by atoms with Crippen molar-refractivity contribution in [1.82, 2.24) is 0 Å². The first kappa shape index (κ1) is 19.6. The molecular formula is C19H20ClNO5. The topological polar surface area (TPSA) is 73.9 Å². The number of halogens is 1. The van der Waals surface area contributed by atoms with Crippen molar-refractivity contribution in [2.75, 3.05) is 19.0 Å². The third-order valence-electron chi connectivity index (χ3n) is 3.54. The third-order valence-corrected chi connectivity index (χ3v) is 3.77. The lowest BCUT2D eigenvalue weighted by atomic mass is 10.2. The molecule has 2 aromatic rings. The number of amides is 1. The van der Waals surface area contributed by atoms with E-state index in [0.717, 1.165) is 5.56 Å². The van der Waals surface area contributed by atoms with Crippen LogP contribution in [0.3, 0.4) is 0 Å². The summed E-state index contributed by atoms with van der Waals surface area (Å²) in [5, 5.41) is 3.07. The average molecular weight is 378 g/mol. The summed E-state index contributed by atoms with van der Waals surface area (Å²) in [6, 6.07) is 12.1. The minimum atomic E-state index is -1.01. The van der Waals surface area contributed by atoms with E-state index in [1.165, 1.54) is 14.0 Å². The van der Waals surface area contributed by atoms with Gasteiger partial charge in [-0.05, 0) is 43.7 Å². The maximum absolute atomic E-state index is 12.2. The van der Waals surface area contributed by atoms with Gasteiger partial charge in [0, 0.05) is 5.02 Å². The Balaban J connectivity index is 1.89. The van der Waals surface area contributed by atoms with Crippen molar-refractivity contribution in [2.24, 2.45) is 0 Å². The van der Waals surface area contributed by atoms with Crippen LogP contribution in [-0.4, -0.2) is 31.7 Å². The standard InChI is InChI=1S/C19H20ClNO5/c1-12-6-4-5-7-16(12)25-11-18(22)26-13(2)19(23)21-15-10-14(20)8-9-17(15)24-3/h4-10,13H,11H2,1-3H3,(H,21,23). The highest BCUT2D eigenvalue weighted by Gasteiger charge is 2.20. The van der Waals surface area contributed by atoms with Crippen molar-refractivity contribution in [3.63, 3.8) is 0 Å². The number of hydrogen-bond donors (Lipinski definition) is 1. The Morgan fingerprint density at radius 3 is 2.58 bits per heavy atom. The van der Waals surface area contributed by atoms with Gasteiger partial charge in [0.15, 0.2) is 12.7 Å². The van der Waals surface area contributed by atoms with E-state index < -0.39 is 18.0 Å². The number of methoxy groups -OCH3 is 1. The minimum absolute atomic E-state index is 0.289. The molecule has 0 aliphatic carbocycles.